The van der Waals surface area contributed by atoms with E-state index in [1.165, 1.54) is 0 Å². The van der Waals surface area contributed by atoms with Crippen LogP contribution in [0.2, 0.25) is 5.02 Å². The summed E-state index contributed by atoms with van der Waals surface area (Å²) in [5.41, 5.74) is 3.83. The Morgan fingerprint density at radius 1 is 0.583 bits per heavy atom. The summed E-state index contributed by atoms with van der Waals surface area (Å²) in [6.07, 6.45) is -4.58. The molecule has 5 aromatic carbocycles. The second-order valence-electron chi connectivity index (χ2n) is 11.8. The first kappa shape index (κ1) is 34.5. The van der Waals surface area contributed by atoms with E-state index in [1.807, 2.05) is 72.8 Å². The van der Waals surface area contributed by atoms with Crippen LogP contribution in [0, 0.1) is 0 Å². The molecule has 5 aromatic rings. The molecule has 5 unspecified atom stereocenters. The number of aliphatic hydroxyl groups is 3. The summed E-state index contributed by atoms with van der Waals surface area (Å²) < 4.78 is 0. The first-order chi connectivity index (χ1) is 23.3. The van der Waals surface area contributed by atoms with E-state index in [0.29, 0.717) is 16.1 Å². The highest BCUT2D eigenvalue weighted by molar-refractivity contribution is 6.30. The van der Waals surface area contributed by atoms with Crippen molar-refractivity contribution in [2.45, 2.75) is 49.2 Å². The number of amides is 2. The molecular weight excluding hydrogens is 624 g/mol. The van der Waals surface area contributed by atoms with Crippen LogP contribution in [0.3, 0.4) is 0 Å². The van der Waals surface area contributed by atoms with Crippen LogP contribution in [-0.2, 0) is 16.0 Å². The van der Waals surface area contributed by atoms with Gasteiger partial charge in [-0.05, 0) is 46.4 Å². The van der Waals surface area contributed by atoms with Crippen molar-refractivity contribution in [3.05, 3.63) is 178 Å². The molecule has 246 valence electrons. The Balaban J connectivity index is 1.37. The maximum atomic E-state index is 13.7. The van der Waals surface area contributed by atoms with Gasteiger partial charge < -0.3 is 26.0 Å². The molecule has 0 saturated carbocycles. The molecule has 0 radical (unpaired) electrons. The van der Waals surface area contributed by atoms with E-state index < -0.39 is 36.3 Å². The quantitative estimate of drug-likeness (QED) is 0.101. The van der Waals surface area contributed by atoms with Crippen LogP contribution in [-0.4, -0.2) is 45.4 Å². The van der Waals surface area contributed by atoms with Crippen molar-refractivity contribution in [1.82, 2.24) is 10.6 Å². The van der Waals surface area contributed by atoms with E-state index in [-0.39, 0.29) is 24.7 Å². The molecule has 0 heterocycles. The number of nitrogens with one attached hydrogen (secondary N) is 2. The third kappa shape index (κ3) is 9.18. The van der Waals surface area contributed by atoms with E-state index in [4.69, 9.17) is 11.6 Å². The summed E-state index contributed by atoms with van der Waals surface area (Å²) in [6.45, 7) is 0. The first-order valence-electron chi connectivity index (χ1n) is 15.9. The number of carbonyl (C=O) groups excluding carboxylic acids is 2. The number of hydrogen-bond acceptors (Lipinski definition) is 5. The van der Waals surface area contributed by atoms with Crippen LogP contribution in [0.4, 0.5) is 0 Å². The largest absolute Gasteiger partial charge is 0.388 e. The van der Waals surface area contributed by atoms with Crippen LogP contribution in [0.25, 0.3) is 0 Å². The van der Waals surface area contributed by atoms with Gasteiger partial charge in [0.05, 0.1) is 12.1 Å². The molecule has 0 bridgehead atoms. The lowest BCUT2D eigenvalue weighted by Crippen LogP contribution is -2.55. The van der Waals surface area contributed by atoms with Crippen molar-refractivity contribution >= 4 is 23.4 Å². The maximum Gasteiger partial charge on any atom is 0.252 e. The van der Waals surface area contributed by atoms with E-state index >= 15 is 0 Å². The summed E-state index contributed by atoms with van der Waals surface area (Å²) in [7, 11) is 0. The van der Waals surface area contributed by atoms with Gasteiger partial charge in [0.15, 0.2) is 6.10 Å². The molecule has 2 amide bonds. The zero-order valence-corrected chi connectivity index (χ0v) is 27.0. The van der Waals surface area contributed by atoms with E-state index in [0.717, 1.165) is 16.7 Å². The summed E-state index contributed by atoms with van der Waals surface area (Å²) in [5, 5.41) is 40.2. The third-order valence-electron chi connectivity index (χ3n) is 8.43. The van der Waals surface area contributed by atoms with E-state index in [2.05, 4.69) is 10.6 Å². The summed E-state index contributed by atoms with van der Waals surface area (Å²) >= 11 is 6.10. The molecule has 48 heavy (non-hydrogen) atoms. The number of carbonyl (C=O) groups is 2. The number of aliphatic hydroxyl groups excluding tert-OH is 3. The van der Waals surface area contributed by atoms with Gasteiger partial charge in [0.25, 0.3) is 5.91 Å². The molecule has 5 N–H and O–H groups in total. The van der Waals surface area contributed by atoms with Crippen molar-refractivity contribution in [2.75, 3.05) is 0 Å². The molecule has 0 spiro atoms. The Bertz CT molecular complexity index is 1680. The maximum absolute atomic E-state index is 13.7. The summed E-state index contributed by atoms with van der Waals surface area (Å²) in [6, 6.07) is 42.1. The van der Waals surface area contributed by atoms with Gasteiger partial charge in [-0.3, -0.25) is 9.59 Å². The lowest BCUT2D eigenvalue weighted by molar-refractivity contribution is -0.139. The molecule has 0 fully saturated rings. The number of hydrogen-bond donors (Lipinski definition) is 5. The lowest BCUT2D eigenvalue weighted by atomic mass is 9.88. The fraction of sp³-hybridized carbons (Fsp3) is 0.200. The zero-order valence-electron chi connectivity index (χ0n) is 26.3. The highest BCUT2D eigenvalue weighted by atomic mass is 35.5. The molecule has 0 aliphatic heterocycles. The average molecular weight is 663 g/mol. The second-order valence-corrected chi connectivity index (χ2v) is 12.2. The van der Waals surface area contributed by atoms with Gasteiger partial charge in [0, 0.05) is 17.4 Å². The molecule has 0 aliphatic rings. The Hall–Kier alpha value is -4.79. The third-order valence-corrected chi connectivity index (χ3v) is 8.68. The Morgan fingerprint density at radius 3 is 1.54 bits per heavy atom. The van der Waals surface area contributed by atoms with Gasteiger partial charge >= 0.3 is 0 Å². The highest BCUT2D eigenvalue weighted by Crippen LogP contribution is 2.30. The molecule has 7 nitrogen and oxygen atoms in total. The normalized spacial score (nSPS) is 14.4. The minimum Gasteiger partial charge on any atom is -0.388 e. The van der Waals surface area contributed by atoms with Crippen LogP contribution in [0.1, 0.15) is 52.3 Å². The monoisotopic (exact) mass is 662 g/mol. The Morgan fingerprint density at radius 2 is 1.04 bits per heavy atom. The van der Waals surface area contributed by atoms with Crippen molar-refractivity contribution in [3.63, 3.8) is 0 Å². The van der Waals surface area contributed by atoms with Gasteiger partial charge in [-0.25, -0.2) is 0 Å². The van der Waals surface area contributed by atoms with Crippen LogP contribution in [0.5, 0.6) is 0 Å². The van der Waals surface area contributed by atoms with Crippen molar-refractivity contribution < 1.29 is 24.9 Å². The second kappa shape index (κ2) is 16.9. The zero-order chi connectivity index (χ0) is 33.9. The van der Waals surface area contributed by atoms with Crippen LogP contribution in [0.15, 0.2) is 146 Å². The average Bonchev–Trinajstić information content (AvgIpc) is 3.14. The standard InChI is InChI=1S/C40H39ClN2O5/c41-32-23-21-27(22-24-32)25-34(42-35(44)26-33(28-13-5-1-6-14-28)29-15-7-2-8-16-29)38(46)39(47)40(48)43-36(30-17-9-3-10-18-30)37(45)31-19-11-4-12-20-31/h1-24,33-34,36-39,45-47H,25-26H2,(H,42,44)(H,43,48). The number of benzene rings is 5. The molecule has 5 rings (SSSR count). The lowest BCUT2D eigenvalue weighted by Gasteiger charge is -2.30. The van der Waals surface area contributed by atoms with Crippen molar-refractivity contribution in [1.29, 1.82) is 0 Å². The molecule has 0 saturated heterocycles. The van der Waals surface area contributed by atoms with Crippen LogP contribution >= 0.6 is 11.6 Å². The van der Waals surface area contributed by atoms with Gasteiger partial charge in [-0.1, -0.05) is 145 Å². The first-order valence-corrected chi connectivity index (χ1v) is 16.3. The Kier molecular flexibility index (Phi) is 12.1. The van der Waals surface area contributed by atoms with Gasteiger partial charge in [-0.15, -0.1) is 0 Å². The predicted octanol–water partition coefficient (Wildman–Crippen LogP) is 5.90. The van der Waals surface area contributed by atoms with Gasteiger partial charge in [-0.2, -0.15) is 0 Å². The predicted molar refractivity (Wildman–Crippen MR) is 187 cm³/mol. The minimum atomic E-state index is -1.93. The molecule has 0 aromatic heterocycles. The van der Waals surface area contributed by atoms with Crippen molar-refractivity contribution in [3.8, 4) is 0 Å². The fourth-order valence-corrected chi connectivity index (χ4v) is 5.97. The smallest absolute Gasteiger partial charge is 0.252 e. The van der Waals surface area contributed by atoms with E-state index in [9.17, 15) is 24.9 Å². The Labute approximate surface area is 285 Å². The number of halogens is 1. The van der Waals surface area contributed by atoms with Gasteiger partial charge in [0.1, 0.15) is 12.2 Å². The number of rotatable bonds is 14. The summed E-state index contributed by atoms with van der Waals surface area (Å²) in [5.74, 6) is -1.52. The molecular formula is C40H39ClN2O5. The SMILES string of the molecule is O=C(CC(c1ccccc1)c1ccccc1)NC(Cc1ccc(Cl)cc1)C(O)C(O)C(=O)NC(c1ccccc1)C(O)c1ccccc1. The molecule has 8 heteroatoms. The fourth-order valence-electron chi connectivity index (χ4n) is 5.84. The highest BCUT2D eigenvalue weighted by Gasteiger charge is 2.35. The summed E-state index contributed by atoms with van der Waals surface area (Å²) in [4.78, 5) is 27.3. The van der Waals surface area contributed by atoms with E-state index in [1.54, 1.807) is 72.8 Å². The van der Waals surface area contributed by atoms with Crippen LogP contribution < -0.4 is 10.6 Å². The minimum absolute atomic E-state index is 0.0690. The molecule has 0 aliphatic carbocycles. The topological polar surface area (TPSA) is 119 Å². The van der Waals surface area contributed by atoms with Gasteiger partial charge in [0.2, 0.25) is 5.91 Å². The molecule has 5 atom stereocenters. The van der Waals surface area contributed by atoms with Crippen molar-refractivity contribution in [2.24, 2.45) is 0 Å².